The van der Waals surface area contributed by atoms with Crippen molar-refractivity contribution in [3.05, 3.63) is 54.1 Å². The van der Waals surface area contributed by atoms with Gasteiger partial charge in [0, 0.05) is 23.6 Å². The van der Waals surface area contributed by atoms with E-state index in [2.05, 4.69) is 25.7 Å². The summed E-state index contributed by atoms with van der Waals surface area (Å²) in [7, 11) is 0. The number of halogens is 2. The van der Waals surface area contributed by atoms with Gasteiger partial charge < -0.3 is 15.4 Å². The van der Waals surface area contributed by atoms with Crippen LogP contribution in [0, 0.1) is 6.92 Å². The van der Waals surface area contributed by atoms with Crippen LogP contribution in [-0.2, 0) is 11.3 Å². The van der Waals surface area contributed by atoms with Crippen LogP contribution in [0.4, 0.5) is 25.2 Å². The largest absolute Gasteiger partial charge is 0.439 e. The van der Waals surface area contributed by atoms with Crippen LogP contribution in [-0.4, -0.2) is 38.0 Å². The van der Waals surface area contributed by atoms with E-state index in [4.69, 9.17) is 4.74 Å². The van der Waals surface area contributed by atoms with E-state index in [9.17, 15) is 13.6 Å². The summed E-state index contributed by atoms with van der Waals surface area (Å²) in [5.74, 6) is 0.100. The zero-order chi connectivity index (χ0) is 21.3. The number of benzene rings is 1. The number of amides is 1. The fourth-order valence-corrected chi connectivity index (χ4v) is 3.29. The summed E-state index contributed by atoms with van der Waals surface area (Å²) in [5.41, 5.74) is 2.40. The van der Waals surface area contributed by atoms with E-state index < -0.39 is 18.1 Å². The summed E-state index contributed by atoms with van der Waals surface area (Å²) in [6, 6.07) is 6.91. The lowest BCUT2D eigenvalue weighted by Gasteiger charge is -2.20. The summed E-state index contributed by atoms with van der Waals surface area (Å²) in [6.45, 7) is 4.60. The van der Waals surface area contributed by atoms with Gasteiger partial charge in [-0.05, 0) is 43.2 Å². The predicted molar refractivity (Wildman–Crippen MR) is 106 cm³/mol. The second-order valence-corrected chi connectivity index (χ2v) is 7.44. The van der Waals surface area contributed by atoms with E-state index >= 15 is 0 Å². The average Bonchev–Trinajstić information content (AvgIpc) is 3.27. The number of rotatable bonds is 6. The van der Waals surface area contributed by atoms with Gasteiger partial charge in [0.2, 0.25) is 5.95 Å². The molecule has 1 aliphatic rings. The third-order valence-corrected chi connectivity index (χ3v) is 4.64. The van der Waals surface area contributed by atoms with Gasteiger partial charge in [0.05, 0.1) is 19.3 Å². The highest BCUT2D eigenvalue weighted by Gasteiger charge is 2.36. The van der Waals surface area contributed by atoms with E-state index in [1.54, 1.807) is 10.9 Å². The monoisotopic (exact) mass is 414 g/mol. The highest BCUT2D eigenvalue weighted by atomic mass is 19.3. The first kappa shape index (κ1) is 19.7. The number of cyclic esters (lactones) is 1. The number of alkyl carbamates (subject to hydrolysis) is 1. The molecule has 10 heteroatoms. The van der Waals surface area contributed by atoms with Crippen LogP contribution < -0.4 is 10.6 Å². The maximum Gasteiger partial charge on any atom is 0.407 e. The third-order valence-electron chi connectivity index (χ3n) is 4.64. The normalized spacial score (nSPS) is 18.4. The van der Waals surface area contributed by atoms with Gasteiger partial charge in [-0.1, -0.05) is 6.07 Å². The molecule has 1 aliphatic heterocycles. The summed E-state index contributed by atoms with van der Waals surface area (Å²) in [6.07, 6.45) is 1.79. The first-order chi connectivity index (χ1) is 14.3. The molecule has 1 fully saturated rings. The molecule has 0 aliphatic carbocycles. The molecule has 2 N–H and O–H groups in total. The Labute approximate surface area is 171 Å². The van der Waals surface area contributed by atoms with Gasteiger partial charge in [0.1, 0.15) is 11.3 Å². The number of nitrogens with one attached hydrogen (secondary N) is 2. The van der Waals surface area contributed by atoms with Crippen molar-refractivity contribution in [3.8, 4) is 11.1 Å². The Morgan fingerprint density at radius 2 is 2.17 bits per heavy atom. The molecule has 3 aromatic rings. The molecule has 0 spiro atoms. The topological polar surface area (TPSA) is 94.0 Å². The highest BCUT2D eigenvalue weighted by Crippen LogP contribution is 2.27. The Morgan fingerprint density at radius 1 is 1.33 bits per heavy atom. The molecular weight excluding hydrogens is 394 g/mol. The number of alkyl halides is 2. The summed E-state index contributed by atoms with van der Waals surface area (Å²) in [4.78, 5) is 19.2. The van der Waals surface area contributed by atoms with Crippen molar-refractivity contribution < 1.29 is 18.3 Å². The number of aromatic nitrogens is 4. The Kier molecular flexibility index (Phi) is 5.06. The summed E-state index contributed by atoms with van der Waals surface area (Å²) >= 11 is 0. The van der Waals surface area contributed by atoms with E-state index in [1.165, 1.54) is 12.3 Å². The van der Waals surface area contributed by atoms with Gasteiger partial charge >= 0.3 is 6.09 Å². The highest BCUT2D eigenvalue weighted by molar-refractivity contribution is 5.71. The summed E-state index contributed by atoms with van der Waals surface area (Å²) < 4.78 is 32.8. The molecule has 2 aromatic heterocycles. The van der Waals surface area contributed by atoms with E-state index in [-0.39, 0.29) is 11.6 Å². The van der Waals surface area contributed by atoms with Crippen LogP contribution in [0.15, 0.2) is 42.9 Å². The Morgan fingerprint density at radius 3 is 2.90 bits per heavy atom. The minimum absolute atomic E-state index is 0.100. The number of hydrogen-bond donors (Lipinski definition) is 2. The smallest absolute Gasteiger partial charge is 0.407 e. The predicted octanol–water partition coefficient (Wildman–Crippen LogP) is 3.83. The number of carbonyl (C=O) groups is 1. The van der Waals surface area contributed by atoms with Crippen LogP contribution in [0.1, 0.15) is 24.6 Å². The quantitative estimate of drug-likeness (QED) is 0.637. The van der Waals surface area contributed by atoms with Gasteiger partial charge in [0.15, 0.2) is 0 Å². The Bertz CT molecular complexity index is 1090. The number of carbonyl (C=O) groups excluding carboxylic acids is 1. The number of nitrogens with zero attached hydrogens (tertiary/aromatic N) is 4. The maximum atomic E-state index is 12.9. The molecule has 0 bridgehead atoms. The molecule has 8 nitrogen and oxygen atoms in total. The zero-order valence-corrected chi connectivity index (χ0v) is 16.4. The molecule has 0 unspecified atom stereocenters. The van der Waals surface area contributed by atoms with E-state index in [0.29, 0.717) is 18.8 Å². The van der Waals surface area contributed by atoms with Gasteiger partial charge in [0.25, 0.3) is 6.43 Å². The zero-order valence-electron chi connectivity index (χ0n) is 16.4. The molecule has 30 heavy (non-hydrogen) atoms. The minimum Gasteiger partial charge on any atom is -0.439 e. The molecule has 1 aromatic carbocycles. The molecule has 0 saturated carbocycles. The first-order valence-corrected chi connectivity index (χ1v) is 9.29. The van der Waals surface area contributed by atoms with Crippen molar-refractivity contribution in [3.63, 3.8) is 0 Å². The lowest BCUT2D eigenvalue weighted by Crippen LogP contribution is -2.34. The van der Waals surface area contributed by atoms with Crippen molar-refractivity contribution in [2.75, 3.05) is 11.9 Å². The lowest BCUT2D eigenvalue weighted by molar-refractivity contribution is 0.0550. The molecular formula is C20H20F2N6O2. The fourth-order valence-electron chi connectivity index (χ4n) is 3.29. The second-order valence-electron chi connectivity index (χ2n) is 7.44. The van der Waals surface area contributed by atoms with E-state index in [1.807, 2.05) is 38.2 Å². The molecule has 1 atom stereocenters. The second kappa shape index (κ2) is 7.69. The van der Waals surface area contributed by atoms with Crippen LogP contribution in [0.2, 0.25) is 0 Å². The fraction of sp³-hybridized carbons (Fsp3) is 0.300. The molecule has 1 saturated heterocycles. The number of anilines is 2. The van der Waals surface area contributed by atoms with Crippen molar-refractivity contribution in [2.24, 2.45) is 0 Å². The van der Waals surface area contributed by atoms with Crippen LogP contribution >= 0.6 is 0 Å². The SMILES string of the molecule is Cc1cc(Nc2nccc(C(F)F)n2)cc(-c2cnn(C[C@@]3(C)CNC(=O)O3)c2)c1. The average molecular weight is 414 g/mol. The van der Waals surface area contributed by atoms with E-state index in [0.717, 1.165) is 16.7 Å². The Hall–Kier alpha value is -3.56. The van der Waals surface area contributed by atoms with Gasteiger partial charge in [-0.15, -0.1) is 0 Å². The number of ether oxygens (including phenoxy) is 1. The number of aryl methyl sites for hydroxylation is 1. The molecule has 3 heterocycles. The molecule has 156 valence electrons. The van der Waals surface area contributed by atoms with Gasteiger partial charge in [-0.2, -0.15) is 5.10 Å². The summed E-state index contributed by atoms with van der Waals surface area (Å²) in [5, 5.41) is 10.00. The van der Waals surface area contributed by atoms with Gasteiger partial charge in [-0.3, -0.25) is 4.68 Å². The van der Waals surface area contributed by atoms with Crippen molar-refractivity contribution >= 4 is 17.7 Å². The van der Waals surface area contributed by atoms with Crippen molar-refractivity contribution in [1.29, 1.82) is 0 Å². The molecule has 1 amide bonds. The minimum atomic E-state index is -2.66. The first-order valence-electron chi connectivity index (χ1n) is 9.29. The van der Waals surface area contributed by atoms with Crippen LogP contribution in [0.3, 0.4) is 0 Å². The number of hydrogen-bond acceptors (Lipinski definition) is 6. The molecule has 4 rings (SSSR count). The third kappa shape index (κ3) is 4.37. The standard InChI is InChI=1S/C20H20F2N6O2/c1-12-5-13(7-15(6-12)26-18-23-4-3-16(27-18)17(21)22)14-8-25-28(9-14)11-20(2)10-24-19(29)30-20/h3-9,17H,10-11H2,1-2H3,(H,24,29)(H,23,26,27)/t20-/m1/s1. The van der Waals surface area contributed by atoms with Crippen LogP contribution in [0.25, 0.3) is 11.1 Å². The van der Waals surface area contributed by atoms with Crippen molar-refractivity contribution in [2.45, 2.75) is 32.4 Å². The van der Waals surface area contributed by atoms with Gasteiger partial charge in [-0.25, -0.2) is 23.5 Å². The lowest BCUT2D eigenvalue weighted by atomic mass is 10.1. The Balaban J connectivity index is 1.54. The van der Waals surface area contributed by atoms with Crippen LogP contribution in [0.5, 0.6) is 0 Å². The maximum absolute atomic E-state index is 12.9. The molecule has 0 radical (unpaired) electrons. The van der Waals surface area contributed by atoms with Crippen molar-refractivity contribution in [1.82, 2.24) is 25.1 Å².